The molecule has 0 spiro atoms. The highest BCUT2D eigenvalue weighted by Gasteiger charge is 2.60. The highest BCUT2D eigenvalue weighted by molar-refractivity contribution is 6.30. The van der Waals surface area contributed by atoms with Crippen molar-refractivity contribution in [1.29, 1.82) is 0 Å². The summed E-state index contributed by atoms with van der Waals surface area (Å²) in [5.41, 5.74) is 2.14. The number of rotatable bonds is 3. The number of amides is 2. The van der Waals surface area contributed by atoms with Crippen molar-refractivity contribution in [3.05, 3.63) is 34.6 Å². The van der Waals surface area contributed by atoms with Crippen LogP contribution >= 0.6 is 11.6 Å². The van der Waals surface area contributed by atoms with Gasteiger partial charge in [-0.1, -0.05) is 31.5 Å². The fourth-order valence-corrected chi connectivity index (χ4v) is 8.68. The molecule has 2 saturated carbocycles. The maximum Gasteiger partial charge on any atom is 0.226 e. The molecule has 1 aromatic heterocycles. The fraction of sp³-hybridized carbons (Fsp3) is 0.667. The van der Waals surface area contributed by atoms with Crippen LogP contribution < -0.4 is 5.32 Å². The van der Waals surface area contributed by atoms with E-state index < -0.39 is 0 Å². The van der Waals surface area contributed by atoms with E-state index in [2.05, 4.69) is 24.1 Å². The molecule has 4 aliphatic rings. The van der Waals surface area contributed by atoms with Crippen LogP contribution in [0.15, 0.2) is 28.9 Å². The third kappa shape index (κ3) is 3.62. The van der Waals surface area contributed by atoms with Gasteiger partial charge in [0.25, 0.3) is 0 Å². The first-order valence-electron chi connectivity index (χ1n) is 12.5. The molecule has 2 heterocycles. The van der Waals surface area contributed by atoms with Crippen molar-refractivity contribution < 1.29 is 9.59 Å². The molecule has 1 aliphatic heterocycles. The van der Waals surface area contributed by atoms with Crippen LogP contribution in [0.4, 0.5) is 5.82 Å². The standard InChI is InChI=1S/C27H36ClN3O2/c1-16-6-5-7-22(29-16)30-23(32)14-17-8-9-19-18-15-21(28)25-27(3,13-11-24(33)31(25)4)20(18)10-12-26(17,19)2/h5-7,17-20H,8-15H2,1-4H3,(H,29,30,32)/t17-,18+,19+,20+,26-,27-/m1/s1. The van der Waals surface area contributed by atoms with Gasteiger partial charge in [-0.3, -0.25) is 9.59 Å². The molecule has 0 unspecified atom stereocenters. The summed E-state index contributed by atoms with van der Waals surface area (Å²) in [4.78, 5) is 31.6. The number of carbonyl (C=O) groups excluding carboxylic acids is 2. The third-order valence-corrected chi connectivity index (χ3v) is 10.2. The molecule has 3 aliphatic carbocycles. The topological polar surface area (TPSA) is 62.3 Å². The van der Waals surface area contributed by atoms with Crippen LogP contribution in [-0.2, 0) is 9.59 Å². The van der Waals surface area contributed by atoms with Gasteiger partial charge < -0.3 is 10.2 Å². The van der Waals surface area contributed by atoms with Crippen LogP contribution in [0.2, 0.25) is 0 Å². The van der Waals surface area contributed by atoms with E-state index in [0.717, 1.165) is 48.5 Å². The lowest BCUT2D eigenvalue weighted by atomic mass is 9.49. The predicted molar refractivity (Wildman–Crippen MR) is 130 cm³/mol. The van der Waals surface area contributed by atoms with Crippen molar-refractivity contribution in [2.45, 2.75) is 72.1 Å². The minimum absolute atomic E-state index is 0.0176. The number of pyridine rings is 1. The quantitative estimate of drug-likeness (QED) is 0.600. The minimum Gasteiger partial charge on any atom is -0.318 e. The molecule has 2 amide bonds. The van der Waals surface area contributed by atoms with Crippen molar-refractivity contribution in [3.8, 4) is 0 Å². The molecule has 1 aromatic rings. The average Bonchev–Trinajstić information content (AvgIpc) is 3.07. The summed E-state index contributed by atoms with van der Waals surface area (Å²) >= 11 is 6.93. The maximum atomic E-state index is 12.9. The Morgan fingerprint density at radius 1 is 1.21 bits per heavy atom. The number of aryl methyl sites for hydroxylation is 1. The fourth-order valence-electron chi connectivity index (χ4n) is 8.15. The van der Waals surface area contributed by atoms with E-state index in [9.17, 15) is 9.59 Å². The Bertz CT molecular complexity index is 1020. The molecule has 5 nitrogen and oxygen atoms in total. The normalized spacial score (nSPS) is 38.0. The number of halogens is 1. The summed E-state index contributed by atoms with van der Waals surface area (Å²) in [7, 11) is 1.90. The van der Waals surface area contributed by atoms with Crippen LogP contribution in [-0.4, -0.2) is 28.7 Å². The van der Waals surface area contributed by atoms with Crippen molar-refractivity contribution in [2.75, 3.05) is 12.4 Å². The second-order valence-corrected chi connectivity index (χ2v) is 11.9. The van der Waals surface area contributed by atoms with Crippen molar-refractivity contribution in [2.24, 2.45) is 34.5 Å². The van der Waals surface area contributed by atoms with E-state index in [1.54, 1.807) is 0 Å². The Morgan fingerprint density at radius 3 is 2.76 bits per heavy atom. The number of aromatic nitrogens is 1. The van der Waals surface area contributed by atoms with E-state index >= 15 is 0 Å². The summed E-state index contributed by atoms with van der Waals surface area (Å²) in [5, 5.41) is 3.92. The highest BCUT2D eigenvalue weighted by Crippen LogP contribution is 2.67. The Hall–Kier alpha value is -1.88. The molecular formula is C27H36ClN3O2. The lowest BCUT2D eigenvalue weighted by molar-refractivity contribution is -0.136. The predicted octanol–water partition coefficient (Wildman–Crippen LogP) is 5.89. The summed E-state index contributed by atoms with van der Waals surface area (Å²) in [6.07, 6.45) is 7.53. The van der Waals surface area contributed by atoms with Crippen LogP contribution in [0.25, 0.3) is 0 Å². The molecule has 1 saturated heterocycles. The number of allylic oxidation sites excluding steroid dienone is 2. The van der Waals surface area contributed by atoms with Gasteiger partial charge in [-0.2, -0.15) is 0 Å². The second-order valence-electron chi connectivity index (χ2n) is 11.4. The van der Waals surface area contributed by atoms with Crippen molar-refractivity contribution in [1.82, 2.24) is 9.88 Å². The Labute approximate surface area is 202 Å². The Balaban J connectivity index is 1.35. The zero-order valence-electron chi connectivity index (χ0n) is 20.3. The molecular weight excluding hydrogens is 434 g/mol. The lowest BCUT2D eigenvalue weighted by Crippen LogP contribution is -2.54. The molecule has 3 fully saturated rings. The minimum atomic E-state index is -0.0176. The molecule has 33 heavy (non-hydrogen) atoms. The number of anilines is 1. The summed E-state index contributed by atoms with van der Waals surface area (Å²) in [6.45, 7) is 6.71. The van der Waals surface area contributed by atoms with Gasteiger partial charge in [0.2, 0.25) is 11.8 Å². The molecule has 0 aromatic carbocycles. The van der Waals surface area contributed by atoms with Gasteiger partial charge in [-0.05, 0) is 86.7 Å². The van der Waals surface area contributed by atoms with Crippen LogP contribution in [0, 0.1) is 41.4 Å². The SMILES string of the molecule is Cc1cccc(NC(=O)C[C@H]2CC[C@H]3[C@@H]4CC(Cl)=C5N(C)C(=O)CC[C@]5(C)[C@H]4CC[C@]23C)n1. The summed E-state index contributed by atoms with van der Waals surface area (Å²) in [6, 6.07) is 5.72. The molecule has 6 heteroatoms. The number of hydrogen-bond donors (Lipinski definition) is 1. The van der Waals surface area contributed by atoms with Gasteiger partial charge in [0.1, 0.15) is 5.82 Å². The number of nitrogens with zero attached hydrogens (tertiary/aromatic N) is 2. The van der Waals surface area contributed by atoms with E-state index in [0.29, 0.717) is 42.3 Å². The number of nitrogens with one attached hydrogen (secondary N) is 1. The van der Waals surface area contributed by atoms with Gasteiger partial charge in [0.15, 0.2) is 0 Å². The van der Waals surface area contributed by atoms with Crippen molar-refractivity contribution >= 4 is 29.2 Å². The Kier molecular flexibility index (Phi) is 5.63. The molecule has 178 valence electrons. The first kappa shape index (κ1) is 22.9. The first-order valence-corrected chi connectivity index (χ1v) is 12.9. The van der Waals surface area contributed by atoms with Gasteiger partial charge in [0, 0.05) is 41.7 Å². The molecule has 1 N–H and O–H groups in total. The molecule has 0 radical (unpaired) electrons. The number of piperidine rings is 1. The highest BCUT2D eigenvalue weighted by atomic mass is 35.5. The van der Waals surface area contributed by atoms with E-state index in [4.69, 9.17) is 11.6 Å². The Morgan fingerprint density at radius 2 is 2.00 bits per heavy atom. The largest absolute Gasteiger partial charge is 0.318 e. The van der Waals surface area contributed by atoms with Crippen LogP contribution in [0.1, 0.15) is 70.9 Å². The smallest absolute Gasteiger partial charge is 0.226 e. The van der Waals surface area contributed by atoms with Gasteiger partial charge >= 0.3 is 0 Å². The zero-order valence-corrected chi connectivity index (χ0v) is 21.0. The van der Waals surface area contributed by atoms with Gasteiger partial charge in [-0.25, -0.2) is 4.98 Å². The summed E-state index contributed by atoms with van der Waals surface area (Å²) < 4.78 is 0. The van der Waals surface area contributed by atoms with E-state index in [1.165, 1.54) is 6.42 Å². The van der Waals surface area contributed by atoms with Gasteiger partial charge in [-0.15, -0.1) is 0 Å². The lowest BCUT2D eigenvalue weighted by Gasteiger charge is -2.59. The average molecular weight is 470 g/mol. The second kappa shape index (κ2) is 8.11. The van der Waals surface area contributed by atoms with E-state index in [1.807, 2.05) is 37.1 Å². The first-order chi connectivity index (χ1) is 15.6. The van der Waals surface area contributed by atoms with Crippen LogP contribution in [0.5, 0.6) is 0 Å². The summed E-state index contributed by atoms with van der Waals surface area (Å²) in [5.74, 6) is 2.98. The number of hydrogen-bond acceptors (Lipinski definition) is 3. The van der Waals surface area contributed by atoms with Crippen molar-refractivity contribution in [3.63, 3.8) is 0 Å². The zero-order chi connectivity index (χ0) is 23.5. The molecule has 5 rings (SSSR count). The molecule has 0 bridgehead atoms. The third-order valence-electron chi connectivity index (χ3n) is 9.82. The van der Waals surface area contributed by atoms with Crippen LogP contribution in [0.3, 0.4) is 0 Å². The monoisotopic (exact) mass is 469 g/mol. The number of likely N-dealkylation sites (tertiary alicyclic amines) is 1. The molecule has 6 atom stereocenters. The van der Waals surface area contributed by atoms with E-state index in [-0.39, 0.29) is 22.6 Å². The number of carbonyl (C=O) groups is 2. The maximum absolute atomic E-state index is 12.9. The van der Waals surface area contributed by atoms with Gasteiger partial charge in [0.05, 0.1) is 0 Å². The number of fused-ring (bicyclic) bond motifs is 5.